The lowest BCUT2D eigenvalue weighted by Gasteiger charge is -2.33. The smallest absolute Gasteiger partial charge is 0.386 e. The SMILES string of the molecule is CC(C)(O)c1cc2nc(C3CCN(Cc4ccncc4N4CCC(=O)NC4=O)CC3)sc2cc1NC(=O)c1ccc(C(F)(F)F)nc1. The number of aromatic nitrogens is 3. The number of hydrogen-bond donors (Lipinski definition) is 3. The van der Waals surface area contributed by atoms with Crippen molar-refractivity contribution in [2.24, 2.45) is 0 Å². The van der Waals surface area contributed by atoms with Crippen LogP contribution in [0, 0.1) is 0 Å². The van der Waals surface area contributed by atoms with Crippen LogP contribution in [0.3, 0.4) is 0 Å². The molecule has 0 aliphatic carbocycles. The van der Waals surface area contributed by atoms with E-state index in [1.165, 1.54) is 11.3 Å². The van der Waals surface area contributed by atoms with E-state index in [4.69, 9.17) is 4.98 Å². The maximum Gasteiger partial charge on any atom is 0.433 e. The Morgan fingerprint density at radius 2 is 1.87 bits per heavy atom. The normalized spacial score (nSPS) is 16.9. The van der Waals surface area contributed by atoms with Crippen LogP contribution < -0.4 is 15.5 Å². The molecule has 2 aliphatic heterocycles. The van der Waals surface area contributed by atoms with Gasteiger partial charge in [0.25, 0.3) is 5.91 Å². The summed E-state index contributed by atoms with van der Waals surface area (Å²) in [7, 11) is 0. The number of nitrogens with one attached hydrogen (secondary N) is 2. The highest BCUT2D eigenvalue weighted by molar-refractivity contribution is 7.18. The zero-order valence-electron chi connectivity index (χ0n) is 25.6. The van der Waals surface area contributed by atoms with Crippen LogP contribution in [0.15, 0.2) is 48.9 Å². The van der Waals surface area contributed by atoms with E-state index in [9.17, 15) is 32.7 Å². The number of aliphatic hydroxyl groups is 1. The second kappa shape index (κ2) is 12.6. The van der Waals surface area contributed by atoms with Crippen LogP contribution in [-0.2, 0) is 23.1 Å². The van der Waals surface area contributed by atoms with Crippen LogP contribution >= 0.6 is 11.3 Å². The molecule has 5 heterocycles. The van der Waals surface area contributed by atoms with Crippen LogP contribution in [-0.4, -0.2) is 62.4 Å². The van der Waals surface area contributed by atoms with Crippen molar-refractivity contribution in [3.8, 4) is 0 Å². The molecule has 3 aromatic heterocycles. The van der Waals surface area contributed by atoms with Crippen molar-refractivity contribution >= 4 is 50.8 Å². The first-order chi connectivity index (χ1) is 22.3. The molecule has 0 saturated carbocycles. The zero-order valence-corrected chi connectivity index (χ0v) is 26.4. The lowest BCUT2D eigenvalue weighted by Crippen LogP contribution is -2.50. The van der Waals surface area contributed by atoms with Crippen molar-refractivity contribution in [3.05, 3.63) is 76.3 Å². The number of thiazole rings is 1. The number of rotatable bonds is 7. The Morgan fingerprint density at radius 1 is 1.11 bits per heavy atom. The first kappa shape index (κ1) is 32.5. The lowest BCUT2D eigenvalue weighted by atomic mass is 9.95. The molecule has 246 valence electrons. The predicted molar refractivity (Wildman–Crippen MR) is 169 cm³/mol. The summed E-state index contributed by atoms with van der Waals surface area (Å²) in [6.45, 7) is 5.68. The number of pyridine rings is 2. The minimum atomic E-state index is -4.62. The number of nitrogens with zero attached hydrogens (tertiary/aromatic N) is 5. The number of carbonyl (C=O) groups is 3. The van der Waals surface area contributed by atoms with Gasteiger partial charge in [0.05, 0.1) is 38.3 Å². The second-order valence-corrected chi connectivity index (χ2v) is 13.2. The summed E-state index contributed by atoms with van der Waals surface area (Å²) in [5, 5.41) is 16.9. The second-order valence-electron chi connectivity index (χ2n) is 12.2. The molecule has 47 heavy (non-hydrogen) atoms. The van der Waals surface area contributed by atoms with Crippen molar-refractivity contribution in [3.63, 3.8) is 0 Å². The maximum atomic E-state index is 13.0. The molecule has 15 heteroatoms. The number of anilines is 2. The summed E-state index contributed by atoms with van der Waals surface area (Å²) in [4.78, 5) is 53.4. The first-order valence-electron chi connectivity index (χ1n) is 15.0. The van der Waals surface area contributed by atoms with Crippen LogP contribution in [0.4, 0.5) is 29.3 Å². The van der Waals surface area contributed by atoms with E-state index in [1.54, 1.807) is 43.3 Å². The molecule has 0 atom stereocenters. The fourth-order valence-corrected chi connectivity index (χ4v) is 6.99. The fourth-order valence-electron chi connectivity index (χ4n) is 5.83. The Bertz CT molecular complexity index is 1830. The number of imide groups is 1. The largest absolute Gasteiger partial charge is 0.433 e. The van der Waals surface area contributed by atoms with E-state index in [0.717, 1.165) is 59.5 Å². The van der Waals surface area contributed by atoms with E-state index < -0.39 is 29.4 Å². The van der Waals surface area contributed by atoms with E-state index in [1.807, 2.05) is 6.07 Å². The Balaban J connectivity index is 1.16. The van der Waals surface area contributed by atoms with Crippen molar-refractivity contribution < 1.29 is 32.7 Å². The molecule has 11 nitrogen and oxygen atoms in total. The monoisotopic (exact) mass is 667 g/mol. The molecule has 0 bridgehead atoms. The topological polar surface area (TPSA) is 141 Å². The van der Waals surface area contributed by atoms with E-state index in [2.05, 4.69) is 25.5 Å². The summed E-state index contributed by atoms with van der Waals surface area (Å²) in [6.07, 6.45) is 1.53. The molecule has 2 fully saturated rings. The van der Waals surface area contributed by atoms with Crippen LogP contribution in [0.1, 0.15) is 71.2 Å². The molecule has 3 N–H and O–H groups in total. The van der Waals surface area contributed by atoms with Crippen LogP contribution in [0.2, 0.25) is 0 Å². The first-order valence-corrected chi connectivity index (χ1v) is 15.9. The third-order valence-corrected chi connectivity index (χ3v) is 9.51. The Labute approximate surface area is 271 Å². The number of hydrogen-bond acceptors (Lipinski definition) is 9. The van der Waals surface area contributed by atoms with Crippen LogP contribution in [0.25, 0.3) is 10.2 Å². The van der Waals surface area contributed by atoms with Gasteiger partial charge in [-0.1, -0.05) is 0 Å². The quantitative estimate of drug-likeness (QED) is 0.238. The minimum Gasteiger partial charge on any atom is -0.386 e. The number of benzene rings is 1. The molecule has 1 aromatic carbocycles. The minimum absolute atomic E-state index is 0.0512. The Morgan fingerprint density at radius 3 is 2.53 bits per heavy atom. The average molecular weight is 668 g/mol. The van der Waals surface area contributed by atoms with Crippen molar-refractivity contribution in [1.82, 2.24) is 25.2 Å². The Kier molecular flexibility index (Phi) is 8.72. The molecule has 2 aliphatic rings. The number of fused-ring (bicyclic) bond motifs is 1. The molecule has 0 unspecified atom stereocenters. The number of piperidine rings is 1. The molecule has 6 rings (SSSR count). The van der Waals surface area contributed by atoms with Gasteiger partial charge in [-0.2, -0.15) is 13.2 Å². The number of halogens is 3. The average Bonchev–Trinajstić information content (AvgIpc) is 3.44. The molecule has 4 amide bonds. The maximum absolute atomic E-state index is 13.0. The number of alkyl halides is 3. The van der Waals surface area contributed by atoms with Gasteiger partial charge in [-0.05, 0) is 75.7 Å². The van der Waals surface area contributed by atoms with Gasteiger partial charge in [-0.3, -0.25) is 34.7 Å². The summed E-state index contributed by atoms with van der Waals surface area (Å²) < 4.78 is 39.6. The van der Waals surface area contributed by atoms with Gasteiger partial charge < -0.3 is 10.4 Å². The van der Waals surface area contributed by atoms with E-state index in [0.29, 0.717) is 35.5 Å². The number of likely N-dealkylation sites (tertiary alicyclic amines) is 1. The molecule has 4 aromatic rings. The van der Waals surface area contributed by atoms with E-state index in [-0.39, 0.29) is 23.8 Å². The lowest BCUT2D eigenvalue weighted by molar-refractivity contribution is -0.141. The van der Waals surface area contributed by atoms with E-state index >= 15 is 0 Å². The summed E-state index contributed by atoms with van der Waals surface area (Å²) in [6, 6.07) is 6.74. The number of amides is 4. The van der Waals surface area contributed by atoms with Gasteiger partial charge in [0, 0.05) is 49.1 Å². The molecule has 0 spiro atoms. The molecule has 2 saturated heterocycles. The van der Waals surface area contributed by atoms with Gasteiger partial charge >= 0.3 is 12.2 Å². The number of urea groups is 1. The molecule has 0 radical (unpaired) electrons. The van der Waals surface area contributed by atoms with Gasteiger partial charge in [-0.25, -0.2) is 9.78 Å². The molecular weight excluding hydrogens is 635 g/mol. The van der Waals surface area contributed by atoms with Crippen molar-refractivity contribution in [1.29, 1.82) is 0 Å². The third kappa shape index (κ3) is 7.11. The van der Waals surface area contributed by atoms with Crippen molar-refractivity contribution in [2.75, 3.05) is 29.9 Å². The number of carbonyl (C=O) groups excluding carboxylic acids is 3. The highest BCUT2D eigenvalue weighted by atomic mass is 32.1. The third-order valence-electron chi connectivity index (χ3n) is 8.33. The summed E-state index contributed by atoms with van der Waals surface area (Å²) in [5.74, 6) is -0.747. The van der Waals surface area contributed by atoms with Gasteiger partial charge in [-0.15, -0.1) is 11.3 Å². The Hall–Kier alpha value is -4.47. The van der Waals surface area contributed by atoms with Crippen molar-refractivity contribution in [2.45, 2.75) is 57.3 Å². The van der Waals surface area contributed by atoms with Crippen LogP contribution in [0.5, 0.6) is 0 Å². The highest BCUT2D eigenvalue weighted by Crippen LogP contribution is 2.39. The van der Waals surface area contributed by atoms with Gasteiger partial charge in [0.15, 0.2) is 0 Å². The van der Waals surface area contributed by atoms with Gasteiger partial charge in [0.1, 0.15) is 5.69 Å². The van der Waals surface area contributed by atoms with Gasteiger partial charge in [0.2, 0.25) is 5.91 Å². The standard InChI is InChI=1S/C32H32F3N7O4S/c1-31(2,46)21-13-23-25(14-22(21)38-28(44)19-3-4-26(37-15-19)32(33,34)35)47-29(39-23)18-6-10-41(11-7-18)17-20-5-9-36-16-24(20)42-12-8-27(43)40-30(42)45/h3-5,9,13-16,18,46H,6-8,10-12,17H2,1-2H3,(H,38,44)(H,40,43,45). The summed E-state index contributed by atoms with van der Waals surface area (Å²) in [5.41, 5.74) is 0.575. The zero-order chi connectivity index (χ0) is 33.5. The predicted octanol–water partition coefficient (Wildman–Crippen LogP) is 5.41. The summed E-state index contributed by atoms with van der Waals surface area (Å²) >= 11 is 1.50. The highest BCUT2D eigenvalue weighted by Gasteiger charge is 2.33. The molecular formula is C32H32F3N7O4S. The fraction of sp³-hybridized carbons (Fsp3) is 0.375.